The van der Waals surface area contributed by atoms with Crippen molar-refractivity contribution in [1.82, 2.24) is 0 Å². The minimum Gasteiger partial charge on any atom is -0.458 e. The molecule has 0 saturated heterocycles. The molecular weight excluding hydrogens is 476 g/mol. The van der Waals surface area contributed by atoms with E-state index in [0.717, 1.165) is 36.0 Å². The van der Waals surface area contributed by atoms with Gasteiger partial charge in [-0.25, -0.2) is 4.79 Å². The molecule has 5 aliphatic rings. The molecule has 0 bridgehead atoms. The third-order valence-corrected chi connectivity index (χ3v) is 15.0. The van der Waals surface area contributed by atoms with Gasteiger partial charge in [-0.15, -0.1) is 0 Å². The first-order valence-electron chi connectivity index (χ1n) is 16.5. The van der Waals surface area contributed by atoms with E-state index in [4.69, 9.17) is 4.74 Å². The van der Waals surface area contributed by atoms with Gasteiger partial charge in [0.15, 0.2) is 0 Å². The summed E-state index contributed by atoms with van der Waals surface area (Å²) < 4.78 is 6.31. The lowest BCUT2D eigenvalue weighted by Crippen LogP contribution is -2.66. The quantitative estimate of drug-likeness (QED) is 0.362. The Kier molecular flexibility index (Phi) is 6.49. The molecule has 5 fully saturated rings. The minimum atomic E-state index is -0.146. The van der Waals surface area contributed by atoms with Crippen molar-refractivity contribution in [3.8, 4) is 0 Å². The summed E-state index contributed by atoms with van der Waals surface area (Å²) in [5.74, 6) is 4.78. The van der Waals surface area contributed by atoms with Crippen LogP contribution in [-0.2, 0) is 4.74 Å². The van der Waals surface area contributed by atoms with E-state index in [-0.39, 0.29) is 17.5 Å². The van der Waals surface area contributed by atoms with Crippen LogP contribution in [0.1, 0.15) is 130 Å². The van der Waals surface area contributed by atoms with Gasteiger partial charge in [-0.05, 0) is 134 Å². The average Bonchev–Trinajstić information content (AvgIpc) is 3.24. The molecule has 1 aromatic rings. The molecule has 2 heteroatoms. The van der Waals surface area contributed by atoms with E-state index in [9.17, 15) is 4.79 Å². The van der Waals surface area contributed by atoms with E-state index in [1.807, 2.05) is 30.3 Å². The molecule has 2 nitrogen and oxygen atoms in total. The summed E-state index contributed by atoms with van der Waals surface area (Å²) in [6, 6.07) is 9.60. The summed E-state index contributed by atoms with van der Waals surface area (Å²) in [7, 11) is 0. The summed E-state index contributed by atoms with van der Waals surface area (Å²) in [4.78, 5) is 13.1. The molecule has 0 aromatic heterocycles. The fourth-order valence-electron chi connectivity index (χ4n) is 12.7. The van der Waals surface area contributed by atoms with Crippen LogP contribution in [-0.4, -0.2) is 12.1 Å². The number of rotatable bonds is 3. The zero-order valence-electron chi connectivity index (χ0n) is 26.3. The molecule has 0 heterocycles. The van der Waals surface area contributed by atoms with Crippen LogP contribution in [0.5, 0.6) is 0 Å². The Morgan fingerprint density at radius 2 is 1.49 bits per heavy atom. The Hall–Kier alpha value is -1.31. The molecule has 6 rings (SSSR count). The second-order valence-corrected chi connectivity index (χ2v) is 16.9. The van der Waals surface area contributed by atoms with Crippen molar-refractivity contribution in [2.45, 2.75) is 126 Å². The maximum atomic E-state index is 13.1. The van der Waals surface area contributed by atoms with Crippen LogP contribution < -0.4 is 0 Å². The van der Waals surface area contributed by atoms with Crippen molar-refractivity contribution >= 4 is 5.97 Å². The first-order valence-corrected chi connectivity index (χ1v) is 16.5. The summed E-state index contributed by atoms with van der Waals surface area (Å²) in [5.41, 5.74) is 2.44. The fourth-order valence-corrected chi connectivity index (χ4v) is 12.7. The highest BCUT2D eigenvalue weighted by molar-refractivity contribution is 5.89. The topological polar surface area (TPSA) is 26.3 Å². The third-order valence-electron chi connectivity index (χ3n) is 15.0. The molecule has 5 saturated carbocycles. The Balaban J connectivity index is 1.28. The second kappa shape index (κ2) is 9.09. The monoisotopic (exact) mass is 532 g/mol. The van der Waals surface area contributed by atoms with Crippen LogP contribution in [0.3, 0.4) is 0 Å². The lowest BCUT2D eigenvalue weighted by Gasteiger charge is -2.73. The summed E-state index contributed by atoms with van der Waals surface area (Å²) in [6.07, 6.45) is 13.5. The highest BCUT2D eigenvalue weighted by atomic mass is 16.5. The van der Waals surface area contributed by atoms with Gasteiger partial charge < -0.3 is 4.74 Å². The zero-order valence-corrected chi connectivity index (χ0v) is 26.3. The Morgan fingerprint density at radius 1 is 0.769 bits per heavy atom. The lowest BCUT2D eigenvalue weighted by molar-refractivity contribution is -0.247. The van der Waals surface area contributed by atoms with Gasteiger partial charge in [-0.2, -0.15) is 0 Å². The van der Waals surface area contributed by atoms with E-state index in [2.05, 4.69) is 55.4 Å². The van der Waals surface area contributed by atoms with Crippen LogP contribution in [0.2, 0.25) is 0 Å². The van der Waals surface area contributed by atoms with Crippen molar-refractivity contribution in [3.05, 3.63) is 35.9 Å². The van der Waals surface area contributed by atoms with E-state index in [1.54, 1.807) is 0 Å². The maximum Gasteiger partial charge on any atom is 0.338 e. The van der Waals surface area contributed by atoms with Crippen LogP contribution in [0, 0.1) is 62.6 Å². The van der Waals surface area contributed by atoms with E-state index in [0.29, 0.717) is 33.1 Å². The van der Waals surface area contributed by atoms with Crippen molar-refractivity contribution in [1.29, 1.82) is 0 Å². The number of fused-ring (bicyclic) bond motifs is 7. The predicted molar refractivity (Wildman–Crippen MR) is 160 cm³/mol. The molecule has 1 aromatic carbocycles. The van der Waals surface area contributed by atoms with Crippen molar-refractivity contribution < 1.29 is 9.53 Å². The molecule has 39 heavy (non-hydrogen) atoms. The van der Waals surface area contributed by atoms with Crippen LogP contribution in [0.15, 0.2) is 30.3 Å². The molecule has 0 unspecified atom stereocenters. The molecule has 0 amide bonds. The number of carbonyl (C=O) groups is 1. The highest BCUT2D eigenvalue weighted by Crippen LogP contribution is 2.77. The molecular formula is C37H56O2. The SMILES string of the molecule is CC(C)[C@@H]1CC[C@]2(C)CC[C@]3(C)[C@H](CC[C@@H]4[C@]5(C)CC[C@H](OC(=O)c6ccccc6)C(C)(C)[C@@H]5CC[C@@]43C)[C@@H]12. The Morgan fingerprint density at radius 3 is 2.18 bits per heavy atom. The number of hydrogen-bond acceptors (Lipinski definition) is 2. The second-order valence-electron chi connectivity index (χ2n) is 16.9. The summed E-state index contributed by atoms with van der Waals surface area (Å²) >= 11 is 0. The Labute approximate surface area is 239 Å². The van der Waals surface area contributed by atoms with Gasteiger partial charge in [-0.1, -0.05) is 73.6 Å². The van der Waals surface area contributed by atoms with Crippen LogP contribution >= 0.6 is 0 Å². The third kappa shape index (κ3) is 3.81. The molecule has 216 valence electrons. The van der Waals surface area contributed by atoms with E-state index < -0.39 is 0 Å². The van der Waals surface area contributed by atoms with Crippen molar-refractivity contribution in [2.75, 3.05) is 0 Å². The molecule has 0 radical (unpaired) electrons. The normalized spacial score (nSPS) is 48.4. The lowest BCUT2D eigenvalue weighted by atomic mass is 9.32. The Bertz CT molecular complexity index is 1090. The van der Waals surface area contributed by atoms with Crippen LogP contribution in [0.4, 0.5) is 0 Å². The standard InChI is InChI=1S/C37H56O2/c1-24(2)26-16-19-34(5)22-23-36(7)27(31(26)34)14-15-29-35(6)20-18-30(39-32(38)25-12-10-9-11-13-25)33(3,4)28(35)17-21-37(29,36)8/h9-13,24,26-31H,14-23H2,1-8H3/t26-,27+,28-,29+,30-,31+,34+,35+,36+,37-/m0/s1. The fraction of sp³-hybridized carbons (Fsp3) is 0.811. The van der Waals surface area contributed by atoms with Gasteiger partial charge >= 0.3 is 5.97 Å². The number of hydrogen-bond donors (Lipinski definition) is 0. The van der Waals surface area contributed by atoms with Crippen molar-refractivity contribution in [3.63, 3.8) is 0 Å². The molecule has 0 N–H and O–H groups in total. The average molecular weight is 533 g/mol. The van der Waals surface area contributed by atoms with Gasteiger partial charge in [0.05, 0.1) is 5.56 Å². The number of benzene rings is 1. The van der Waals surface area contributed by atoms with Gasteiger partial charge in [0.25, 0.3) is 0 Å². The minimum absolute atomic E-state index is 0.000222. The molecule has 10 atom stereocenters. The number of esters is 1. The zero-order chi connectivity index (χ0) is 28.0. The van der Waals surface area contributed by atoms with E-state index >= 15 is 0 Å². The molecule has 0 aliphatic heterocycles. The van der Waals surface area contributed by atoms with E-state index in [1.165, 1.54) is 57.8 Å². The van der Waals surface area contributed by atoms with Gasteiger partial charge in [0.2, 0.25) is 0 Å². The molecule has 0 spiro atoms. The van der Waals surface area contributed by atoms with Gasteiger partial charge in [0.1, 0.15) is 6.10 Å². The maximum absolute atomic E-state index is 13.1. The predicted octanol–water partition coefficient (Wildman–Crippen LogP) is 9.97. The van der Waals surface area contributed by atoms with Gasteiger partial charge in [0, 0.05) is 5.41 Å². The van der Waals surface area contributed by atoms with Gasteiger partial charge in [-0.3, -0.25) is 0 Å². The first-order chi connectivity index (χ1) is 18.3. The highest BCUT2D eigenvalue weighted by Gasteiger charge is 2.70. The summed E-state index contributed by atoms with van der Waals surface area (Å²) in [6.45, 7) is 20.7. The molecule has 5 aliphatic carbocycles. The number of carbonyl (C=O) groups excluding carboxylic acids is 1. The first kappa shape index (κ1) is 27.8. The smallest absolute Gasteiger partial charge is 0.338 e. The number of ether oxygens (including phenoxy) is 1. The summed E-state index contributed by atoms with van der Waals surface area (Å²) in [5, 5.41) is 0. The van der Waals surface area contributed by atoms with Crippen molar-refractivity contribution in [2.24, 2.45) is 62.6 Å². The largest absolute Gasteiger partial charge is 0.458 e. The van der Waals surface area contributed by atoms with Crippen LogP contribution in [0.25, 0.3) is 0 Å².